The van der Waals surface area contributed by atoms with Crippen molar-refractivity contribution in [3.8, 4) is 0 Å². The van der Waals surface area contributed by atoms with Crippen LogP contribution >= 0.6 is 0 Å². The van der Waals surface area contributed by atoms with Crippen LogP contribution in [0.25, 0.3) is 0 Å². The largest absolute Gasteiger partial charge is 0.306 e. The quantitative estimate of drug-likeness (QED) is 0.556. The highest BCUT2D eigenvalue weighted by Crippen LogP contribution is 2.61. The van der Waals surface area contributed by atoms with E-state index in [1.54, 1.807) is 11.0 Å². The molecule has 0 aliphatic carbocycles. The van der Waals surface area contributed by atoms with Crippen LogP contribution in [0.2, 0.25) is 0 Å². The summed E-state index contributed by atoms with van der Waals surface area (Å²) in [5.74, 6) is -1.62. The van der Waals surface area contributed by atoms with Gasteiger partial charge in [-0.25, -0.2) is 0 Å². The minimum atomic E-state index is -1.11. The van der Waals surface area contributed by atoms with Gasteiger partial charge in [0.15, 0.2) is 0 Å². The number of imide groups is 1. The number of amides is 3. The van der Waals surface area contributed by atoms with Gasteiger partial charge in [0.2, 0.25) is 11.8 Å². The zero-order valence-corrected chi connectivity index (χ0v) is 17.8. The van der Waals surface area contributed by atoms with Gasteiger partial charge >= 0.3 is 0 Å². The Morgan fingerprint density at radius 1 is 0.969 bits per heavy atom. The first-order chi connectivity index (χ1) is 15.6. The molecule has 2 aromatic rings. The number of hydrogen-bond acceptors (Lipinski definition) is 4. The summed E-state index contributed by atoms with van der Waals surface area (Å²) >= 11 is 0. The molecule has 3 fully saturated rings. The fraction of sp³-hybridized carbons (Fsp3) is 0.346. The number of hydrogen-bond donors (Lipinski definition) is 0. The molecule has 2 aromatic carbocycles. The predicted octanol–water partition coefficient (Wildman–Crippen LogP) is 2.69. The van der Waals surface area contributed by atoms with E-state index in [-0.39, 0.29) is 30.3 Å². The van der Waals surface area contributed by atoms with Crippen molar-refractivity contribution in [1.29, 1.82) is 0 Å². The van der Waals surface area contributed by atoms with Crippen molar-refractivity contribution in [2.45, 2.75) is 31.0 Å². The summed E-state index contributed by atoms with van der Waals surface area (Å²) in [6, 6.07) is 17.2. The van der Waals surface area contributed by atoms with Crippen LogP contribution in [0, 0.1) is 11.8 Å². The smallest absolute Gasteiger partial charge is 0.253 e. The lowest BCUT2D eigenvalue weighted by Gasteiger charge is -2.37. The first kappa shape index (κ1) is 19.4. The molecule has 0 bridgehead atoms. The van der Waals surface area contributed by atoms with Gasteiger partial charge in [-0.2, -0.15) is 0 Å². The van der Waals surface area contributed by atoms with E-state index in [2.05, 4.69) is 11.5 Å². The van der Waals surface area contributed by atoms with Gasteiger partial charge < -0.3 is 4.90 Å². The molecule has 162 valence electrons. The molecule has 0 N–H and O–H groups in total. The molecule has 4 aliphatic rings. The first-order valence-corrected chi connectivity index (χ1v) is 11.3. The second-order valence-corrected chi connectivity index (χ2v) is 9.14. The van der Waals surface area contributed by atoms with Crippen molar-refractivity contribution in [1.82, 2.24) is 9.80 Å². The van der Waals surface area contributed by atoms with E-state index in [1.807, 2.05) is 54.6 Å². The normalized spacial score (nSPS) is 30.9. The fourth-order valence-corrected chi connectivity index (χ4v) is 6.63. The van der Waals surface area contributed by atoms with E-state index in [0.717, 1.165) is 36.2 Å². The average Bonchev–Trinajstić information content (AvgIpc) is 3.51. The lowest BCUT2D eigenvalue weighted by molar-refractivity contribution is -0.146. The SMILES string of the molecule is C=CCN1C(=O)[C@@]2(c3ccccc31)[C@H]1C(=O)N(Cc3ccccc3)C(=O)[C@@H]1[C@H]1CCCN12. The van der Waals surface area contributed by atoms with E-state index in [4.69, 9.17) is 0 Å². The Balaban J connectivity index is 1.51. The average molecular weight is 428 g/mol. The van der Waals surface area contributed by atoms with Gasteiger partial charge in [-0.05, 0) is 31.0 Å². The molecule has 3 saturated heterocycles. The van der Waals surface area contributed by atoms with Crippen LogP contribution in [0.1, 0.15) is 24.0 Å². The van der Waals surface area contributed by atoms with Crippen molar-refractivity contribution in [3.63, 3.8) is 0 Å². The van der Waals surface area contributed by atoms with E-state index in [0.29, 0.717) is 6.54 Å². The molecule has 32 heavy (non-hydrogen) atoms. The highest BCUT2D eigenvalue weighted by molar-refractivity contribution is 6.16. The summed E-state index contributed by atoms with van der Waals surface area (Å²) in [5.41, 5.74) is 1.49. The Hall–Kier alpha value is -3.25. The van der Waals surface area contributed by atoms with Gasteiger partial charge in [0.1, 0.15) is 5.54 Å². The van der Waals surface area contributed by atoms with Crippen LogP contribution in [0.5, 0.6) is 0 Å². The van der Waals surface area contributed by atoms with Crippen molar-refractivity contribution >= 4 is 23.4 Å². The Labute approximate surface area is 187 Å². The molecule has 1 spiro atoms. The van der Waals surface area contributed by atoms with Crippen LogP contribution in [0.15, 0.2) is 67.3 Å². The van der Waals surface area contributed by atoms with Crippen molar-refractivity contribution in [2.75, 3.05) is 18.0 Å². The lowest BCUT2D eigenvalue weighted by atomic mass is 9.75. The number of anilines is 1. The summed E-state index contributed by atoms with van der Waals surface area (Å²) in [5, 5.41) is 0. The number of fused-ring (bicyclic) bond motifs is 7. The number of rotatable bonds is 4. The molecule has 0 radical (unpaired) electrons. The summed E-state index contributed by atoms with van der Waals surface area (Å²) in [7, 11) is 0. The fourth-order valence-electron chi connectivity index (χ4n) is 6.63. The van der Waals surface area contributed by atoms with E-state index < -0.39 is 17.4 Å². The third kappa shape index (κ3) is 2.25. The zero-order valence-electron chi connectivity index (χ0n) is 17.8. The Morgan fingerprint density at radius 3 is 2.50 bits per heavy atom. The van der Waals surface area contributed by atoms with Gasteiger partial charge in [0.05, 0.1) is 18.4 Å². The molecule has 4 aliphatic heterocycles. The zero-order chi connectivity index (χ0) is 22.0. The topological polar surface area (TPSA) is 60.9 Å². The maximum absolute atomic E-state index is 14.1. The van der Waals surface area contributed by atoms with Crippen LogP contribution in [-0.4, -0.2) is 46.7 Å². The van der Waals surface area contributed by atoms with Crippen LogP contribution in [-0.2, 0) is 26.5 Å². The molecule has 6 rings (SSSR count). The highest BCUT2D eigenvalue weighted by atomic mass is 16.2. The van der Waals surface area contributed by atoms with E-state index in [1.165, 1.54) is 4.90 Å². The van der Waals surface area contributed by atoms with E-state index in [9.17, 15) is 14.4 Å². The van der Waals surface area contributed by atoms with Gasteiger partial charge in [0.25, 0.3) is 5.91 Å². The number of carbonyl (C=O) groups is 3. The number of likely N-dealkylation sites (tertiary alicyclic amines) is 1. The molecule has 4 heterocycles. The second kappa shape index (κ2) is 6.87. The molecule has 6 heteroatoms. The molecule has 0 unspecified atom stereocenters. The minimum Gasteiger partial charge on any atom is -0.306 e. The van der Waals surface area contributed by atoms with Crippen molar-refractivity contribution in [2.24, 2.45) is 11.8 Å². The van der Waals surface area contributed by atoms with Gasteiger partial charge in [0, 0.05) is 23.8 Å². The second-order valence-electron chi connectivity index (χ2n) is 9.14. The molecular formula is C26H25N3O3. The maximum Gasteiger partial charge on any atom is 0.253 e. The molecule has 0 aromatic heterocycles. The molecule has 4 atom stereocenters. The van der Waals surface area contributed by atoms with Crippen molar-refractivity contribution in [3.05, 3.63) is 78.4 Å². The maximum atomic E-state index is 14.1. The first-order valence-electron chi connectivity index (χ1n) is 11.3. The summed E-state index contributed by atoms with van der Waals surface area (Å²) in [6.07, 6.45) is 3.47. The van der Waals surface area contributed by atoms with Gasteiger partial charge in [-0.3, -0.25) is 24.2 Å². The molecule has 0 saturated carbocycles. The lowest BCUT2D eigenvalue weighted by Crippen LogP contribution is -2.55. The standard InChI is InChI=1S/C26H25N3O3/c1-2-14-27-19-12-7-6-11-18(19)26(25(27)32)22-21(20-13-8-15-29(20)26)23(30)28(24(22)31)16-17-9-4-3-5-10-17/h2-7,9-12,20-22H,1,8,13-16H2/t20-,21-,22-,26-/m1/s1. The third-order valence-electron chi connectivity index (χ3n) is 7.73. The Bertz CT molecular complexity index is 1150. The van der Waals surface area contributed by atoms with Crippen LogP contribution in [0.4, 0.5) is 5.69 Å². The number of para-hydroxylation sites is 1. The Morgan fingerprint density at radius 2 is 1.72 bits per heavy atom. The van der Waals surface area contributed by atoms with Crippen LogP contribution in [0.3, 0.4) is 0 Å². The minimum absolute atomic E-state index is 0.0853. The van der Waals surface area contributed by atoms with E-state index >= 15 is 0 Å². The van der Waals surface area contributed by atoms with Crippen molar-refractivity contribution < 1.29 is 14.4 Å². The highest BCUT2D eigenvalue weighted by Gasteiger charge is 2.75. The molecule has 6 nitrogen and oxygen atoms in total. The van der Waals surface area contributed by atoms with Crippen LogP contribution < -0.4 is 4.90 Å². The number of nitrogens with zero attached hydrogens (tertiary/aromatic N) is 3. The monoisotopic (exact) mass is 427 g/mol. The van der Waals surface area contributed by atoms with Gasteiger partial charge in [-0.15, -0.1) is 6.58 Å². The molecular weight excluding hydrogens is 402 g/mol. The predicted molar refractivity (Wildman–Crippen MR) is 119 cm³/mol. The van der Waals surface area contributed by atoms with Gasteiger partial charge in [-0.1, -0.05) is 54.6 Å². The Kier molecular flexibility index (Phi) is 4.17. The third-order valence-corrected chi connectivity index (χ3v) is 7.73. The summed E-state index contributed by atoms with van der Waals surface area (Å²) in [6.45, 7) is 5.18. The number of carbonyl (C=O) groups excluding carboxylic acids is 3. The summed E-state index contributed by atoms with van der Waals surface area (Å²) < 4.78 is 0. The molecule has 3 amide bonds. The summed E-state index contributed by atoms with van der Waals surface area (Å²) in [4.78, 5) is 47.0. The number of benzene rings is 2.